The van der Waals surface area contributed by atoms with Gasteiger partial charge < -0.3 is 10.3 Å². The lowest BCUT2D eigenvalue weighted by Crippen LogP contribution is -2.17. The number of nitrogens with two attached hydrogens (primary N) is 1. The molecule has 2 rings (SSSR count). The zero-order valence-corrected chi connectivity index (χ0v) is 6.75. The van der Waals surface area contributed by atoms with Crippen LogP contribution < -0.4 is 5.73 Å². The summed E-state index contributed by atoms with van der Waals surface area (Å²) in [5, 5.41) is 0. The Morgan fingerprint density at radius 2 is 2.55 bits per heavy atom. The first-order chi connectivity index (χ1) is 5.25. The average molecular weight is 151 g/mol. The van der Waals surface area contributed by atoms with Gasteiger partial charge in [0.25, 0.3) is 0 Å². The fourth-order valence-corrected chi connectivity index (χ4v) is 1.64. The molecule has 11 heavy (non-hydrogen) atoms. The highest BCUT2D eigenvalue weighted by molar-refractivity contribution is 5.26. The van der Waals surface area contributed by atoms with Crippen LogP contribution in [0, 0.1) is 5.92 Å². The molecular formula is C8H13N3. The molecule has 60 valence electrons. The molecule has 0 spiro atoms. The Bertz CT molecular complexity index is 264. The van der Waals surface area contributed by atoms with Crippen molar-refractivity contribution < 1.29 is 0 Å². The maximum atomic E-state index is 5.57. The lowest BCUT2D eigenvalue weighted by atomic mass is 10.0. The van der Waals surface area contributed by atoms with E-state index in [1.54, 1.807) is 0 Å². The van der Waals surface area contributed by atoms with Crippen LogP contribution in [0.5, 0.6) is 0 Å². The van der Waals surface area contributed by atoms with Gasteiger partial charge in [0, 0.05) is 19.2 Å². The highest BCUT2D eigenvalue weighted by Gasteiger charge is 2.15. The summed E-state index contributed by atoms with van der Waals surface area (Å²) in [6, 6.07) is 0. The van der Waals surface area contributed by atoms with Crippen LogP contribution in [-0.4, -0.2) is 9.55 Å². The lowest BCUT2D eigenvalue weighted by molar-refractivity contribution is 0.394. The van der Waals surface area contributed by atoms with E-state index in [1.165, 1.54) is 6.42 Å². The number of aromatic nitrogens is 2. The summed E-state index contributed by atoms with van der Waals surface area (Å²) < 4.78 is 2.17. The molecule has 0 amide bonds. The average Bonchev–Trinajstić information content (AvgIpc) is 2.27. The van der Waals surface area contributed by atoms with Crippen molar-refractivity contribution in [2.45, 2.75) is 26.3 Å². The third-order valence-electron chi connectivity index (χ3n) is 2.25. The van der Waals surface area contributed by atoms with E-state index in [-0.39, 0.29) is 0 Å². The normalized spacial score (nSPS) is 23.2. The molecule has 0 fully saturated rings. The second-order valence-corrected chi connectivity index (χ2v) is 3.38. The Kier molecular flexibility index (Phi) is 1.37. The molecule has 3 heteroatoms. The first kappa shape index (κ1) is 6.70. The summed E-state index contributed by atoms with van der Waals surface area (Å²) in [5.41, 5.74) is 5.57. The maximum Gasteiger partial charge on any atom is 0.141 e. The molecule has 1 aromatic rings. The van der Waals surface area contributed by atoms with Crippen molar-refractivity contribution in [2.24, 2.45) is 5.92 Å². The Labute approximate surface area is 66.2 Å². The molecule has 1 aliphatic heterocycles. The van der Waals surface area contributed by atoms with E-state index >= 15 is 0 Å². The molecule has 0 radical (unpaired) electrons. The van der Waals surface area contributed by atoms with Crippen molar-refractivity contribution in [3.63, 3.8) is 0 Å². The summed E-state index contributed by atoms with van der Waals surface area (Å²) in [5.74, 6) is 2.59. The molecule has 1 aromatic heterocycles. The molecular weight excluding hydrogens is 138 g/mol. The number of anilines is 1. The number of rotatable bonds is 0. The number of nitrogen functional groups attached to an aromatic ring is 1. The largest absolute Gasteiger partial charge is 0.382 e. The summed E-state index contributed by atoms with van der Waals surface area (Å²) >= 11 is 0. The van der Waals surface area contributed by atoms with Gasteiger partial charge in [-0.05, 0) is 12.3 Å². The van der Waals surface area contributed by atoms with E-state index in [0.717, 1.165) is 24.7 Å². The van der Waals surface area contributed by atoms with Gasteiger partial charge in [0.05, 0.1) is 0 Å². The van der Waals surface area contributed by atoms with Crippen molar-refractivity contribution in [3.8, 4) is 0 Å². The molecule has 2 heterocycles. The van der Waals surface area contributed by atoms with Gasteiger partial charge >= 0.3 is 0 Å². The van der Waals surface area contributed by atoms with Gasteiger partial charge in [-0.3, -0.25) is 0 Å². The van der Waals surface area contributed by atoms with Gasteiger partial charge in [-0.2, -0.15) is 0 Å². The van der Waals surface area contributed by atoms with E-state index in [2.05, 4.69) is 16.5 Å². The SMILES string of the molecule is C[C@H]1CCc2nc(N)cn2C1. The first-order valence-corrected chi connectivity index (χ1v) is 4.07. The molecule has 0 saturated heterocycles. The number of hydrogen-bond acceptors (Lipinski definition) is 2. The number of fused-ring (bicyclic) bond motifs is 1. The standard InChI is InChI=1S/C8H13N3/c1-6-2-3-8-10-7(9)5-11(8)4-6/h5-6H,2-4,9H2,1H3/t6-/m0/s1. The fourth-order valence-electron chi connectivity index (χ4n) is 1.64. The molecule has 0 unspecified atom stereocenters. The number of imidazole rings is 1. The third kappa shape index (κ3) is 1.11. The molecule has 3 nitrogen and oxygen atoms in total. The van der Waals surface area contributed by atoms with Crippen LogP contribution in [0.4, 0.5) is 5.82 Å². The highest BCUT2D eigenvalue weighted by Crippen LogP contribution is 2.19. The minimum atomic E-state index is 0.661. The van der Waals surface area contributed by atoms with E-state index in [4.69, 9.17) is 5.73 Å². The second-order valence-electron chi connectivity index (χ2n) is 3.38. The van der Waals surface area contributed by atoms with E-state index in [9.17, 15) is 0 Å². The number of aryl methyl sites for hydroxylation is 1. The molecule has 0 aromatic carbocycles. The maximum absolute atomic E-state index is 5.57. The van der Waals surface area contributed by atoms with E-state index in [0.29, 0.717) is 5.82 Å². The van der Waals surface area contributed by atoms with Gasteiger partial charge in [0.2, 0.25) is 0 Å². The summed E-state index contributed by atoms with van der Waals surface area (Å²) in [4.78, 5) is 4.23. The quantitative estimate of drug-likeness (QED) is 0.602. The van der Waals surface area contributed by atoms with E-state index in [1.807, 2.05) is 6.20 Å². The number of hydrogen-bond donors (Lipinski definition) is 1. The van der Waals surface area contributed by atoms with Crippen molar-refractivity contribution in [1.82, 2.24) is 9.55 Å². The smallest absolute Gasteiger partial charge is 0.141 e. The Morgan fingerprint density at radius 3 is 3.36 bits per heavy atom. The Morgan fingerprint density at radius 1 is 1.73 bits per heavy atom. The van der Waals surface area contributed by atoms with Crippen molar-refractivity contribution in [3.05, 3.63) is 12.0 Å². The molecule has 0 bridgehead atoms. The van der Waals surface area contributed by atoms with Crippen molar-refractivity contribution in [1.29, 1.82) is 0 Å². The van der Waals surface area contributed by atoms with Crippen LogP contribution in [-0.2, 0) is 13.0 Å². The van der Waals surface area contributed by atoms with Gasteiger partial charge in [-0.15, -0.1) is 0 Å². The van der Waals surface area contributed by atoms with Crippen LogP contribution >= 0.6 is 0 Å². The minimum absolute atomic E-state index is 0.661. The zero-order chi connectivity index (χ0) is 7.84. The summed E-state index contributed by atoms with van der Waals surface area (Å²) in [6.07, 6.45) is 4.26. The fraction of sp³-hybridized carbons (Fsp3) is 0.625. The Balaban J connectivity index is 2.34. The van der Waals surface area contributed by atoms with E-state index < -0.39 is 0 Å². The van der Waals surface area contributed by atoms with Crippen molar-refractivity contribution >= 4 is 5.82 Å². The van der Waals surface area contributed by atoms with Crippen LogP contribution in [0.3, 0.4) is 0 Å². The third-order valence-corrected chi connectivity index (χ3v) is 2.25. The summed E-state index contributed by atoms with van der Waals surface area (Å²) in [6.45, 7) is 3.35. The van der Waals surface area contributed by atoms with Gasteiger partial charge in [0.15, 0.2) is 0 Å². The molecule has 0 aliphatic carbocycles. The molecule has 1 atom stereocenters. The monoisotopic (exact) mass is 151 g/mol. The minimum Gasteiger partial charge on any atom is -0.382 e. The summed E-state index contributed by atoms with van der Waals surface area (Å²) in [7, 11) is 0. The van der Waals surface area contributed by atoms with Crippen LogP contribution in [0.2, 0.25) is 0 Å². The predicted octanol–water partition coefficient (Wildman–Crippen LogP) is 1.05. The van der Waals surface area contributed by atoms with Crippen LogP contribution in [0.1, 0.15) is 19.2 Å². The highest BCUT2D eigenvalue weighted by atomic mass is 15.1. The molecule has 2 N–H and O–H groups in total. The van der Waals surface area contributed by atoms with Gasteiger partial charge in [-0.25, -0.2) is 4.98 Å². The zero-order valence-electron chi connectivity index (χ0n) is 6.75. The first-order valence-electron chi connectivity index (χ1n) is 4.07. The van der Waals surface area contributed by atoms with Crippen LogP contribution in [0.25, 0.3) is 0 Å². The molecule has 0 saturated carbocycles. The topological polar surface area (TPSA) is 43.8 Å². The predicted molar refractivity (Wildman–Crippen MR) is 44.1 cm³/mol. The van der Waals surface area contributed by atoms with Gasteiger partial charge in [-0.1, -0.05) is 6.92 Å². The Hall–Kier alpha value is -0.990. The van der Waals surface area contributed by atoms with Gasteiger partial charge in [0.1, 0.15) is 11.6 Å². The molecule has 1 aliphatic rings. The van der Waals surface area contributed by atoms with Crippen molar-refractivity contribution in [2.75, 3.05) is 5.73 Å². The van der Waals surface area contributed by atoms with Crippen LogP contribution in [0.15, 0.2) is 6.20 Å². The lowest BCUT2D eigenvalue weighted by Gasteiger charge is -2.19. The number of nitrogens with zero attached hydrogens (tertiary/aromatic N) is 2. The second kappa shape index (κ2) is 2.26.